The number of fused-ring (bicyclic) bond motifs is 1. The average Bonchev–Trinajstić information content (AvgIpc) is 2.68. The maximum Gasteiger partial charge on any atom is 0.252 e. The number of ketones is 1. The highest BCUT2D eigenvalue weighted by molar-refractivity contribution is 6.12. The van der Waals surface area contributed by atoms with Gasteiger partial charge in [-0.15, -0.1) is 0 Å². The summed E-state index contributed by atoms with van der Waals surface area (Å²) in [4.78, 5) is 24.6. The van der Waals surface area contributed by atoms with E-state index in [1.807, 2.05) is 13.1 Å². The Balaban J connectivity index is 0.000000465. The number of pyridine rings is 1. The van der Waals surface area contributed by atoms with Crippen molar-refractivity contribution in [1.29, 1.82) is 0 Å². The Morgan fingerprint density at radius 3 is 2.33 bits per heavy atom. The van der Waals surface area contributed by atoms with Gasteiger partial charge in [0.1, 0.15) is 11.6 Å². The molecule has 0 spiro atoms. The predicted octanol–water partition coefficient (Wildman–Crippen LogP) is 4.99. The summed E-state index contributed by atoms with van der Waals surface area (Å²) in [6, 6.07) is 8.28. The van der Waals surface area contributed by atoms with Crippen LogP contribution in [0, 0.1) is 11.7 Å². The van der Waals surface area contributed by atoms with Crippen molar-refractivity contribution in [1.82, 2.24) is 4.57 Å². The van der Waals surface area contributed by atoms with E-state index in [-0.39, 0.29) is 11.3 Å². The van der Waals surface area contributed by atoms with Crippen LogP contribution in [0.1, 0.15) is 56.5 Å². The summed E-state index contributed by atoms with van der Waals surface area (Å²) in [7, 11) is 0. The molecular formula is C22H27FN2O2. The van der Waals surface area contributed by atoms with E-state index in [9.17, 15) is 14.0 Å². The van der Waals surface area contributed by atoms with Gasteiger partial charge in [-0.1, -0.05) is 34.1 Å². The summed E-state index contributed by atoms with van der Waals surface area (Å²) >= 11 is 0. The zero-order valence-electron chi connectivity index (χ0n) is 16.4. The van der Waals surface area contributed by atoms with Crippen molar-refractivity contribution in [2.45, 2.75) is 47.1 Å². The molecule has 27 heavy (non-hydrogen) atoms. The van der Waals surface area contributed by atoms with Crippen molar-refractivity contribution in [2.24, 2.45) is 5.92 Å². The lowest BCUT2D eigenvalue weighted by atomic mass is 10.0. The number of nitrogens with zero attached hydrogens (tertiary/aromatic N) is 1. The zero-order valence-corrected chi connectivity index (χ0v) is 16.4. The molecule has 0 saturated carbocycles. The first-order valence-corrected chi connectivity index (χ1v) is 9.35. The summed E-state index contributed by atoms with van der Waals surface area (Å²) in [6.45, 7) is 9.13. The summed E-state index contributed by atoms with van der Waals surface area (Å²) in [6.07, 6.45) is 3.96. The van der Waals surface area contributed by atoms with Crippen LogP contribution in [0.15, 0.2) is 53.0 Å². The number of benzene rings is 1. The molecule has 0 aliphatic carbocycles. The molecular weight excluding hydrogens is 343 g/mol. The van der Waals surface area contributed by atoms with Gasteiger partial charge in [0.15, 0.2) is 5.78 Å². The molecule has 0 bridgehead atoms. The zero-order chi connectivity index (χ0) is 20.0. The maximum atomic E-state index is 13.0. The number of anilines is 1. The summed E-state index contributed by atoms with van der Waals surface area (Å²) < 4.78 is 14.5. The van der Waals surface area contributed by atoms with Crippen LogP contribution >= 0.6 is 0 Å². The van der Waals surface area contributed by atoms with E-state index < -0.39 is 5.82 Å². The first-order valence-electron chi connectivity index (χ1n) is 9.35. The molecule has 1 N–H and O–H groups in total. The number of allylic oxidation sites excluding steroid dienone is 1. The minimum atomic E-state index is -0.392. The highest BCUT2D eigenvalue weighted by Gasteiger charge is 2.20. The summed E-state index contributed by atoms with van der Waals surface area (Å²) in [5.74, 6) is 0.732. The van der Waals surface area contributed by atoms with Crippen LogP contribution in [0.25, 0.3) is 0 Å². The molecule has 1 aromatic heterocycles. The van der Waals surface area contributed by atoms with E-state index in [0.29, 0.717) is 23.5 Å². The fourth-order valence-electron chi connectivity index (χ4n) is 2.46. The van der Waals surface area contributed by atoms with Crippen LogP contribution in [0.4, 0.5) is 10.2 Å². The molecule has 0 radical (unpaired) electrons. The third-order valence-corrected chi connectivity index (χ3v) is 4.58. The van der Waals surface area contributed by atoms with Crippen molar-refractivity contribution in [3.8, 4) is 0 Å². The number of aromatic nitrogens is 1. The molecule has 4 nitrogen and oxygen atoms in total. The molecule has 144 valence electrons. The highest BCUT2D eigenvalue weighted by atomic mass is 19.1. The van der Waals surface area contributed by atoms with Gasteiger partial charge in [-0.25, -0.2) is 4.39 Å². The van der Waals surface area contributed by atoms with E-state index in [1.165, 1.54) is 42.8 Å². The third kappa shape index (κ3) is 5.16. The normalized spacial score (nSPS) is 12.4. The molecule has 0 saturated heterocycles. The molecule has 1 aliphatic rings. The number of hydrogen-bond acceptors (Lipinski definition) is 3. The molecule has 5 heteroatoms. The average molecular weight is 370 g/mol. The molecule has 1 aromatic carbocycles. The van der Waals surface area contributed by atoms with E-state index in [0.717, 1.165) is 17.9 Å². The largest absolute Gasteiger partial charge is 0.347 e. The molecule has 3 rings (SSSR count). The third-order valence-electron chi connectivity index (χ3n) is 4.58. The SMILES string of the molecule is CCC(C)C.CCC1=CNc2c(C(=O)c3ccc(F)cc3)ccc(=O)n2C1. The molecule has 0 unspecified atom stereocenters. The van der Waals surface area contributed by atoms with Crippen LogP contribution in [0.5, 0.6) is 0 Å². The molecule has 1 aliphatic heterocycles. The van der Waals surface area contributed by atoms with Gasteiger partial charge in [-0.2, -0.15) is 0 Å². The Labute approximate surface area is 159 Å². The number of hydrogen-bond donors (Lipinski definition) is 1. The molecule has 2 aromatic rings. The Hall–Kier alpha value is -2.69. The minimum Gasteiger partial charge on any atom is -0.347 e. The number of carbonyl (C=O) groups excluding carboxylic acids is 1. The van der Waals surface area contributed by atoms with Crippen LogP contribution in [0.3, 0.4) is 0 Å². The Kier molecular flexibility index (Phi) is 7.11. The summed E-state index contributed by atoms with van der Waals surface area (Å²) in [5.41, 5.74) is 1.71. The van der Waals surface area contributed by atoms with Crippen LogP contribution < -0.4 is 10.9 Å². The van der Waals surface area contributed by atoms with Crippen LogP contribution in [-0.4, -0.2) is 10.4 Å². The standard InChI is InChI=1S/C17H15FN2O2.C5H12/c1-2-11-9-19-17-14(7-8-15(21)20(17)10-11)16(22)12-3-5-13(18)6-4-12;1-4-5(2)3/h3-9,19H,2,10H2,1H3;5H,4H2,1-3H3. The van der Waals surface area contributed by atoms with Crippen molar-refractivity contribution in [2.75, 3.05) is 5.32 Å². The van der Waals surface area contributed by atoms with Gasteiger partial charge < -0.3 is 5.32 Å². The fraction of sp³-hybridized carbons (Fsp3) is 0.364. The van der Waals surface area contributed by atoms with Gasteiger partial charge in [0.05, 0.1) is 12.1 Å². The smallest absolute Gasteiger partial charge is 0.252 e. The van der Waals surface area contributed by atoms with Gasteiger partial charge in [0, 0.05) is 17.8 Å². The van der Waals surface area contributed by atoms with Gasteiger partial charge in [-0.3, -0.25) is 14.2 Å². The number of rotatable bonds is 4. The second-order valence-corrected chi connectivity index (χ2v) is 6.96. The minimum absolute atomic E-state index is 0.155. The first-order chi connectivity index (χ1) is 12.9. The maximum absolute atomic E-state index is 13.0. The van der Waals surface area contributed by atoms with E-state index >= 15 is 0 Å². The predicted molar refractivity (Wildman–Crippen MR) is 108 cm³/mol. The molecule has 2 heterocycles. The molecule has 0 amide bonds. The number of carbonyl (C=O) groups is 1. The van der Waals surface area contributed by atoms with Crippen LogP contribution in [-0.2, 0) is 6.54 Å². The van der Waals surface area contributed by atoms with Gasteiger partial charge in [0.2, 0.25) is 0 Å². The van der Waals surface area contributed by atoms with Crippen molar-refractivity contribution >= 4 is 11.6 Å². The lowest BCUT2D eigenvalue weighted by Crippen LogP contribution is -2.28. The monoisotopic (exact) mass is 370 g/mol. The second-order valence-electron chi connectivity index (χ2n) is 6.96. The topological polar surface area (TPSA) is 51.1 Å². The van der Waals surface area contributed by atoms with Crippen molar-refractivity contribution < 1.29 is 9.18 Å². The number of nitrogens with one attached hydrogen (secondary N) is 1. The van der Waals surface area contributed by atoms with Crippen LogP contribution in [0.2, 0.25) is 0 Å². The van der Waals surface area contributed by atoms with Gasteiger partial charge in [-0.05, 0) is 48.2 Å². The lowest BCUT2D eigenvalue weighted by molar-refractivity contribution is 0.103. The Morgan fingerprint density at radius 1 is 1.15 bits per heavy atom. The van der Waals surface area contributed by atoms with Gasteiger partial charge >= 0.3 is 0 Å². The second kappa shape index (κ2) is 9.31. The van der Waals surface area contributed by atoms with E-state index in [1.54, 1.807) is 4.57 Å². The summed E-state index contributed by atoms with van der Waals surface area (Å²) in [5, 5.41) is 3.04. The van der Waals surface area contributed by atoms with E-state index in [4.69, 9.17) is 0 Å². The Morgan fingerprint density at radius 2 is 1.78 bits per heavy atom. The van der Waals surface area contributed by atoms with Crippen molar-refractivity contribution in [3.05, 3.63) is 75.5 Å². The molecule has 0 atom stereocenters. The Bertz CT molecular complexity index is 880. The van der Waals surface area contributed by atoms with Crippen molar-refractivity contribution in [3.63, 3.8) is 0 Å². The van der Waals surface area contributed by atoms with E-state index in [2.05, 4.69) is 26.1 Å². The number of halogens is 1. The highest BCUT2D eigenvalue weighted by Crippen LogP contribution is 2.23. The first kappa shape index (κ1) is 20.6. The van der Waals surface area contributed by atoms with Gasteiger partial charge in [0.25, 0.3) is 5.56 Å². The molecule has 0 fully saturated rings. The quantitative estimate of drug-likeness (QED) is 0.772. The lowest BCUT2D eigenvalue weighted by Gasteiger charge is -2.22. The fourth-order valence-corrected chi connectivity index (χ4v) is 2.46.